The van der Waals surface area contributed by atoms with Gasteiger partial charge in [-0.25, -0.2) is 0 Å². The zero-order valence-electron chi connectivity index (χ0n) is 24.2. The van der Waals surface area contributed by atoms with Gasteiger partial charge in [-0.05, 0) is 64.4 Å². The predicted molar refractivity (Wildman–Crippen MR) is 171 cm³/mol. The Morgan fingerprint density at radius 1 is 0.907 bits per heavy atom. The molecule has 6 rings (SSSR count). The molecule has 6 N–H and O–H groups in total. The first-order chi connectivity index (χ1) is 21.0. The third-order valence-electron chi connectivity index (χ3n) is 8.67. The Morgan fingerprint density at radius 2 is 1.58 bits per heavy atom. The lowest BCUT2D eigenvalue weighted by molar-refractivity contribution is -0.133. The summed E-state index contributed by atoms with van der Waals surface area (Å²) in [5.74, 6) is -0.00967. The van der Waals surface area contributed by atoms with E-state index in [1.54, 1.807) is 0 Å². The van der Waals surface area contributed by atoms with Crippen molar-refractivity contribution in [2.45, 2.75) is 37.3 Å². The van der Waals surface area contributed by atoms with Crippen molar-refractivity contribution in [3.8, 4) is 11.1 Å². The smallest absolute Gasteiger partial charge is 0.251 e. The number of benzene rings is 4. The minimum atomic E-state index is -0.397. The molecule has 0 spiro atoms. The summed E-state index contributed by atoms with van der Waals surface area (Å²) in [4.78, 5) is 29.1. The zero-order chi connectivity index (χ0) is 29.8. The highest BCUT2D eigenvalue weighted by Gasteiger charge is 2.35. The number of guanidine groups is 1. The first-order valence-corrected chi connectivity index (χ1v) is 15.1. The van der Waals surface area contributed by atoms with Crippen LogP contribution in [0.25, 0.3) is 21.9 Å². The van der Waals surface area contributed by atoms with Gasteiger partial charge in [0.25, 0.3) is 5.91 Å². The van der Waals surface area contributed by atoms with E-state index in [0.717, 1.165) is 17.2 Å². The van der Waals surface area contributed by atoms with Crippen molar-refractivity contribution >= 4 is 28.5 Å². The first kappa shape index (κ1) is 28.4. The van der Waals surface area contributed by atoms with Crippen LogP contribution >= 0.6 is 0 Å². The van der Waals surface area contributed by atoms with Crippen molar-refractivity contribution in [1.29, 1.82) is 5.41 Å². The summed E-state index contributed by atoms with van der Waals surface area (Å²) in [5.41, 5.74) is 11.1. The van der Waals surface area contributed by atoms with E-state index in [4.69, 9.17) is 11.1 Å². The lowest BCUT2D eigenvalue weighted by Crippen LogP contribution is -2.49. The van der Waals surface area contributed by atoms with E-state index in [1.165, 1.54) is 22.3 Å². The monoisotopic (exact) mass is 574 g/mol. The van der Waals surface area contributed by atoms with Gasteiger partial charge in [0.05, 0.1) is 6.04 Å². The summed E-state index contributed by atoms with van der Waals surface area (Å²) in [7, 11) is 0. The molecule has 43 heavy (non-hydrogen) atoms. The molecule has 2 aliphatic rings. The second-order valence-corrected chi connectivity index (χ2v) is 11.5. The van der Waals surface area contributed by atoms with E-state index >= 15 is 0 Å². The normalized spacial score (nSPS) is 18.1. The summed E-state index contributed by atoms with van der Waals surface area (Å²) in [6.45, 7) is 2.15. The molecule has 1 saturated heterocycles. The van der Waals surface area contributed by atoms with Gasteiger partial charge in [-0.2, -0.15) is 0 Å². The number of rotatable bonds is 9. The van der Waals surface area contributed by atoms with Gasteiger partial charge < -0.3 is 26.6 Å². The van der Waals surface area contributed by atoms with Gasteiger partial charge in [0, 0.05) is 43.7 Å². The van der Waals surface area contributed by atoms with Crippen LogP contribution in [-0.4, -0.2) is 60.9 Å². The number of carbonyl (C=O) groups excluding carboxylic acids is 2. The Hall–Kier alpha value is -4.69. The van der Waals surface area contributed by atoms with E-state index in [9.17, 15) is 9.59 Å². The first-order valence-electron chi connectivity index (χ1n) is 15.1. The van der Waals surface area contributed by atoms with Crippen LogP contribution in [-0.2, 0) is 4.79 Å². The number of nitrogens with one attached hydrogen (secondary N) is 4. The van der Waals surface area contributed by atoms with Crippen molar-refractivity contribution in [2.75, 3.05) is 26.2 Å². The third-order valence-corrected chi connectivity index (χ3v) is 8.67. The van der Waals surface area contributed by atoms with E-state index in [-0.39, 0.29) is 29.7 Å². The van der Waals surface area contributed by atoms with Crippen LogP contribution in [0.2, 0.25) is 0 Å². The van der Waals surface area contributed by atoms with Crippen LogP contribution < -0.4 is 21.7 Å². The summed E-state index contributed by atoms with van der Waals surface area (Å²) >= 11 is 0. The second kappa shape index (κ2) is 12.7. The lowest BCUT2D eigenvalue weighted by Gasteiger charge is -2.28. The fourth-order valence-corrected chi connectivity index (χ4v) is 6.49. The average Bonchev–Trinajstić information content (AvgIpc) is 3.26. The Morgan fingerprint density at radius 3 is 2.30 bits per heavy atom. The highest BCUT2D eigenvalue weighted by Crippen LogP contribution is 2.45. The minimum Gasteiger partial charge on any atom is -0.370 e. The second-order valence-electron chi connectivity index (χ2n) is 11.5. The number of nitrogens with zero attached hydrogens (tertiary/aromatic N) is 1. The molecule has 1 fully saturated rings. The molecule has 1 aliphatic heterocycles. The van der Waals surface area contributed by atoms with Crippen LogP contribution in [0.5, 0.6) is 0 Å². The Bertz CT molecular complexity index is 1610. The molecule has 0 bridgehead atoms. The summed E-state index contributed by atoms with van der Waals surface area (Å²) in [5, 5.41) is 19.1. The molecular weight excluding hydrogens is 536 g/mol. The number of amides is 2. The number of carbonyl (C=O) groups is 2. The van der Waals surface area contributed by atoms with Gasteiger partial charge >= 0.3 is 0 Å². The number of nitrogens with two attached hydrogens (primary N) is 1. The fourth-order valence-electron chi connectivity index (χ4n) is 6.49. The average molecular weight is 575 g/mol. The Kier molecular flexibility index (Phi) is 8.38. The molecule has 0 saturated carbocycles. The number of hydrogen-bond acceptors (Lipinski definition) is 4. The van der Waals surface area contributed by atoms with E-state index in [1.807, 2.05) is 47.4 Å². The molecule has 1 heterocycles. The van der Waals surface area contributed by atoms with Crippen LogP contribution in [0.15, 0.2) is 91.0 Å². The van der Waals surface area contributed by atoms with E-state index in [2.05, 4.69) is 64.5 Å². The van der Waals surface area contributed by atoms with Crippen LogP contribution in [0, 0.1) is 5.41 Å². The number of hydrogen-bond donors (Lipinski definition) is 5. The summed E-state index contributed by atoms with van der Waals surface area (Å²) in [6, 6.07) is 30.2. The predicted octanol–water partition coefficient (Wildman–Crippen LogP) is 4.20. The fraction of sp³-hybridized carbons (Fsp3) is 0.286. The molecule has 2 amide bonds. The van der Waals surface area contributed by atoms with E-state index in [0.29, 0.717) is 44.6 Å². The maximum Gasteiger partial charge on any atom is 0.251 e. The van der Waals surface area contributed by atoms with Gasteiger partial charge in [-0.1, -0.05) is 78.9 Å². The highest BCUT2D eigenvalue weighted by atomic mass is 16.2. The Labute approximate surface area is 252 Å². The van der Waals surface area contributed by atoms with Crippen molar-refractivity contribution in [3.05, 3.63) is 108 Å². The topological polar surface area (TPSA) is 123 Å². The van der Waals surface area contributed by atoms with E-state index < -0.39 is 6.04 Å². The maximum atomic E-state index is 14.0. The lowest BCUT2D eigenvalue weighted by atomic mass is 9.96. The quantitative estimate of drug-likeness (QED) is 0.116. The molecule has 0 radical (unpaired) electrons. The zero-order valence-corrected chi connectivity index (χ0v) is 24.2. The van der Waals surface area contributed by atoms with Crippen molar-refractivity contribution in [1.82, 2.24) is 20.9 Å². The molecule has 0 unspecified atom stereocenters. The third kappa shape index (κ3) is 6.24. The molecule has 220 valence electrons. The molecule has 2 atom stereocenters. The highest BCUT2D eigenvalue weighted by molar-refractivity contribution is 5.98. The van der Waals surface area contributed by atoms with Gasteiger partial charge in [0.2, 0.25) is 5.91 Å². The van der Waals surface area contributed by atoms with Gasteiger partial charge in [0.1, 0.15) is 0 Å². The molecule has 4 aromatic rings. The number of fused-ring (bicyclic) bond motifs is 4. The van der Waals surface area contributed by atoms with Gasteiger partial charge in [-0.15, -0.1) is 0 Å². The summed E-state index contributed by atoms with van der Waals surface area (Å²) in [6.07, 6.45) is 2.01. The SMILES string of the molecule is N=C(N)NCCC[C@@H]1N[C@H](CNC(=O)c2ccc3ccccc3c2)CCN(CC2c3ccccc3-c3ccccc32)C1=O. The van der Waals surface area contributed by atoms with Crippen molar-refractivity contribution in [2.24, 2.45) is 5.73 Å². The molecule has 8 heteroatoms. The van der Waals surface area contributed by atoms with Crippen LogP contribution in [0.1, 0.15) is 46.7 Å². The molecular formula is C35H38N6O2. The standard InChI is InChI=1S/C35H38N6O2/c36-35(37)38-18-7-14-32-34(43)41(22-31-29-12-5-3-10-27(29)28-11-4-6-13-30(28)31)19-17-26(40-32)21-39-33(42)25-16-15-23-8-1-2-9-24(23)20-25/h1-6,8-13,15-16,20,26,31-32,40H,7,14,17-19,21-22H2,(H,39,42)(H4,36,37,38)/t26-,32-/m0/s1. The Balaban J connectivity index is 1.17. The van der Waals surface area contributed by atoms with Crippen molar-refractivity contribution < 1.29 is 9.59 Å². The van der Waals surface area contributed by atoms with Gasteiger partial charge in [-0.3, -0.25) is 15.0 Å². The minimum absolute atomic E-state index is 0.0627. The molecule has 0 aromatic heterocycles. The van der Waals surface area contributed by atoms with Gasteiger partial charge in [0.15, 0.2) is 5.96 Å². The largest absolute Gasteiger partial charge is 0.370 e. The molecule has 1 aliphatic carbocycles. The molecule has 8 nitrogen and oxygen atoms in total. The van der Waals surface area contributed by atoms with Crippen LogP contribution in [0.3, 0.4) is 0 Å². The van der Waals surface area contributed by atoms with Crippen LogP contribution in [0.4, 0.5) is 0 Å². The maximum absolute atomic E-state index is 14.0. The summed E-state index contributed by atoms with van der Waals surface area (Å²) < 4.78 is 0. The molecule has 4 aromatic carbocycles. The van der Waals surface area contributed by atoms with Crippen molar-refractivity contribution in [3.63, 3.8) is 0 Å².